The summed E-state index contributed by atoms with van der Waals surface area (Å²) in [5.74, 6) is -0.624. The quantitative estimate of drug-likeness (QED) is 0.190. The molecule has 0 spiro atoms. The third-order valence-corrected chi connectivity index (χ3v) is 10.1. The molecule has 0 bridgehead atoms. The van der Waals surface area contributed by atoms with Gasteiger partial charge in [-0.3, -0.25) is 9.32 Å². The lowest BCUT2D eigenvalue weighted by Crippen LogP contribution is -2.16. The van der Waals surface area contributed by atoms with E-state index in [9.17, 15) is 18.7 Å². The van der Waals surface area contributed by atoms with Crippen molar-refractivity contribution in [1.29, 1.82) is 0 Å². The van der Waals surface area contributed by atoms with E-state index in [0.717, 1.165) is 33.4 Å². The highest BCUT2D eigenvalue weighted by atomic mass is 31.2. The lowest BCUT2D eigenvalue weighted by atomic mass is 10.0. The largest absolute Gasteiger partial charge is 0.413 e. The van der Waals surface area contributed by atoms with Gasteiger partial charge in [-0.15, -0.1) is 0 Å². The third kappa shape index (κ3) is 8.04. The molecule has 0 saturated carbocycles. The van der Waals surface area contributed by atoms with E-state index in [1.165, 1.54) is 0 Å². The van der Waals surface area contributed by atoms with Gasteiger partial charge in [0.1, 0.15) is 0 Å². The molecular formula is C34H38O6P2. The molecule has 220 valence electrons. The van der Waals surface area contributed by atoms with Gasteiger partial charge in [0.05, 0.1) is 17.5 Å². The topological polar surface area (TPSA) is 86.7 Å². The second kappa shape index (κ2) is 14.6. The van der Waals surface area contributed by atoms with E-state index in [1.54, 1.807) is 61.5 Å². The Morgan fingerprint density at radius 1 is 0.690 bits per heavy atom. The summed E-state index contributed by atoms with van der Waals surface area (Å²) in [6.07, 6.45) is 0. The van der Waals surface area contributed by atoms with Gasteiger partial charge in [0, 0.05) is 10.9 Å². The molecule has 6 nitrogen and oxygen atoms in total. The number of rotatable bonds is 8. The molecule has 0 heterocycles. The molecule has 0 N–H and O–H groups in total. The van der Waals surface area contributed by atoms with Crippen LogP contribution in [0.4, 0.5) is 0 Å². The Morgan fingerprint density at radius 3 is 1.57 bits per heavy atom. The van der Waals surface area contributed by atoms with Gasteiger partial charge in [-0.05, 0) is 82.9 Å². The Balaban J connectivity index is 0.000000235. The monoisotopic (exact) mass is 604 g/mol. The van der Waals surface area contributed by atoms with Crippen LogP contribution in [0.1, 0.15) is 61.0 Å². The number of aryl methyl sites for hydroxylation is 6. The van der Waals surface area contributed by atoms with E-state index in [2.05, 4.69) is 0 Å². The van der Waals surface area contributed by atoms with Gasteiger partial charge in [0.15, 0.2) is 7.80 Å². The van der Waals surface area contributed by atoms with Crippen molar-refractivity contribution in [2.24, 2.45) is 0 Å². The van der Waals surface area contributed by atoms with Gasteiger partial charge < -0.3 is 9.09 Å². The van der Waals surface area contributed by atoms with Crippen molar-refractivity contribution in [3.8, 4) is 0 Å². The number of hydrogen-bond acceptors (Lipinski definition) is 6. The summed E-state index contributed by atoms with van der Waals surface area (Å²) >= 11 is 0. The molecule has 2 atom stereocenters. The maximum atomic E-state index is 13.0. The fraction of sp³-hybridized carbons (Fsp3) is 0.235. The minimum atomic E-state index is -3.69. The molecule has 4 aromatic carbocycles. The number of carbonyl (C=O) groups is 2. The molecule has 0 amide bonds. The van der Waals surface area contributed by atoms with E-state index in [1.807, 2.05) is 71.9 Å². The summed E-state index contributed by atoms with van der Waals surface area (Å²) in [6, 6.07) is 25.2. The van der Waals surface area contributed by atoms with Crippen LogP contribution in [0, 0.1) is 41.5 Å². The Kier molecular flexibility index (Phi) is 11.4. The van der Waals surface area contributed by atoms with E-state index >= 15 is 0 Å². The maximum Gasteiger partial charge on any atom is 0.413 e. The molecule has 0 aliphatic heterocycles. The van der Waals surface area contributed by atoms with Gasteiger partial charge in [0.2, 0.25) is 5.52 Å². The van der Waals surface area contributed by atoms with E-state index in [-0.39, 0.29) is 12.1 Å². The molecule has 0 saturated heterocycles. The first-order valence-corrected chi connectivity index (χ1v) is 16.7. The lowest BCUT2D eigenvalue weighted by molar-refractivity contribution is 0.0706. The first-order valence-electron chi connectivity index (χ1n) is 13.7. The number of hydrogen-bond donors (Lipinski definition) is 0. The predicted molar refractivity (Wildman–Crippen MR) is 171 cm³/mol. The Hall–Kier alpha value is -3.56. The summed E-state index contributed by atoms with van der Waals surface area (Å²) in [6.45, 7) is 13.3. The zero-order valence-electron chi connectivity index (χ0n) is 25.2. The fourth-order valence-corrected chi connectivity index (χ4v) is 7.84. The molecule has 0 radical (unpaired) electrons. The van der Waals surface area contributed by atoms with Crippen molar-refractivity contribution in [2.75, 3.05) is 6.61 Å². The first kappa shape index (κ1) is 32.9. The van der Waals surface area contributed by atoms with E-state index in [4.69, 9.17) is 9.05 Å². The highest BCUT2D eigenvalue weighted by Gasteiger charge is 2.32. The summed E-state index contributed by atoms with van der Waals surface area (Å²) in [4.78, 5) is 25.0. The fourth-order valence-electron chi connectivity index (χ4n) is 4.96. The van der Waals surface area contributed by atoms with Crippen molar-refractivity contribution in [3.63, 3.8) is 0 Å². The third-order valence-electron chi connectivity index (χ3n) is 6.60. The van der Waals surface area contributed by atoms with Crippen LogP contribution >= 0.6 is 15.4 Å². The van der Waals surface area contributed by atoms with Crippen molar-refractivity contribution >= 4 is 37.5 Å². The second-order valence-corrected chi connectivity index (χ2v) is 13.8. The average Bonchev–Trinajstić information content (AvgIpc) is 2.93. The van der Waals surface area contributed by atoms with Crippen LogP contribution in [-0.2, 0) is 18.2 Å². The van der Waals surface area contributed by atoms with Crippen molar-refractivity contribution in [3.05, 3.63) is 129 Å². The smallest absolute Gasteiger partial charge is 0.385 e. The van der Waals surface area contributed by atoms with Crippen LogP contribution in [0.2, 0.25) is 0 Å². The Labute approximate surface area is 249 Å². The van der Waals surface area contributed by atoms with Crippen molar-refractivity contribution in [2.45, 2.75) is 48.5 Å². The molecule has 42 heavy (non-hydrogen) atoms. The predicted octanol–water partition coefficient (Wildman–Crippen LogP) is 7.96. The van der Waals surface area contributed by atoms with Gasteiger partial charge in [-0.1, -0.05) is 83.9 Å². The lowest BCUT2D eigenvalue weighted by Gasteiger charge is -2.19. The van der Waals surface area contributed by atoms with Gasteiger partial charge in [-0.25, -0.2) is 9.36 Å². The average molecular weight is 605 g/mol. The van der Waals surface area contributed by atoms with E-state index < -0.39 is 21.4 Å². The maximum absolute atomic E-state index is 13.0. The molecule has 0 fully saturated rings. The van der Waals surface area contributed by atoms with Crippen molar-refractivity contribution < 1.29 is 27.8 Å². The zero-order valence-corrected chi connectivity index (χ0v) is 27.1. The normalized spacial score (nSPS) is 12.8. The standard InChI is InChI=1S/C18H21O4P.C16H17O2P/c1-5-21-23(20,16-9-7-6-8-10-16)22-18(19)17-14(3)11-13(2)12-15(17)4;1-11-9-12(2)15(13(3)10-11)16(17)19(18)14-7-5-4-6-8-14/h6-12H,5H2,1-4H3;4-10,19H,1-3H3. The molecule has 0 aliphatic carbocycles. The van der Waals surface area contributed by atoms with Crippen LogP contribution in [0.3, 0.4) is 0 Å². The van der Waals surface area contributed by atoms with Gasteiger partial charge in [0.25, 0.3) is 0 Å². The van der Waals surface area contributed by atoms with Gasteiger partial charge >= 0.3 is 13.6 Å². The number of benzene rings is 4. The van der Waals surface area contributed by atoms with Crippen LogP contribution in [0.25, 0.3) is 0 Å². The minimum absolute atomic E-state index is 0.186. The van der Waals surface area contributed by atoms with Crippen molar-refractivity contribution in [1.82, 2.24) is 0 Å². The Bertz CT molecular complexity index is 1600. The highest BCUT2D eigenvalue weighted by molar-refractivity contribution is 7.71. The second-order valence-electron chi connectivity index (χ2n) is 10.2. The molecule has 4 rings (SSSR count). The molecule has 0 aromatic heterocycles. The zero-order chi connectivity index (χ0) is 31.0. The summed E-state index contributed by atoms with van der Waals surface area (Å²) in [5.41, 5.74) is 6.37. The molecular weight excluding hydrogens is 566 g/mol. The van der Waals surface area contributed by atoms with Crippen LogP contribution in [0.5, 0.6) is 0 Å². The van der Waals surface area contributed by atoms with Crippen LogP contribution in [0.15, 0.2) is 84.9 Å². The molecule has 2 unspecified atom stereocenters. The summed E-state index contributed by atoms with van der Waals surface area (Å²) in [7, 11) is -6.14. The Morgan fingerprint density at radius 2 is 1.12 bits per heavy atom. The first-order chi connectivity index (χ1) is 19.9. The highest BCUT2D eigenvalue weighted by Crippen LogP contribution is 2.48. The number of carbonyl (C=O) groups excluding carboxylic acids is 2. The minimum Gasteiger partial charge on any atom is -0.385 e. The molecule has 4 aromatic rings. The van der Waals surface area contributed by atoms with E-state index in [0.29, 0.717) is 21.7 Å². The van der Waals surface area contributed by atoms with Crippen LogP contribution in [-0.4, -0.2) is 18.1 Å². The summed E-state index contributed by atoms with van der Waals surface area (Å²) < 4.78 is 36.1. The molecule has 0 aliphatic rings. The summed E-state index contributed by atoms with van der Waals surface area (Å²) in [5, 5.41) is 0.995. The molecule has 8 heteroatoms. The SMILES string of the molecule is CCOP(=O)(OC(=O)c1c(C)cc(C)cc1C)c1ccccc1.Cc1cc(C)c(C(=O)[PH](=O)c2ccccc2)c(C)c1. The van der Waals surface area contributed by atoms with Crippen LogP contribution < -0.4 is 10.6 Å². The van der Waals surface area contributed by atoms with Gasteiger partial charge in [-0.2, -0.15) is 0 Å².